The van der Waals surface area contributed by atoms with Gasteiger partial charge in [-0.2, -0.15) is 13.2 Å². The van der Waals surface area contributed by atoms with Crippen molar-refractivity contribution in [1.29, 1.82) is 0 Å². The fourth-order valence-electron chi connectivity index (χ4n) is 2.79. The van der Waals surface area contributed by atoms with Crippen LogP contribution in [0.4, 0.5) is 13.2 Å². The van der Waals surface area contributed by atoms with Crippen LogP contribution in [0, 0.1) is 0 Å². The molecule has 18 heavy (non-hydrogen) atoms. The number of halogens is 3. The fourth-order valence-corrected chi connectivity index (χ4v) is 2.79. The van der Waals surface area contributed by atoms with Gasteiger partial charge >= 0.3 is 6.18 Å². The molecule has 2 nitrogen and oxygen atoms in total. The highest BCUT2D eigenvalue weighted by Crippen LogP contribution is 2.40. The highest BCUT2D eigenvalue weighted by atomic mass is 19.4. The summed E-state index contributed by atoms with van der Waals surface area (Å²) in [4.78, 5) is 11.0. The maximum absolute atomic E-state index is 13.1. The van der Waals surface area contributed by atoms with Gasteiger partial charge in [-0.1, -0.05) is 18.2 Å². The van der Waals surface area contributed by atoms with Crippen LogP contribution in [-0.4, -0.2) is 10.9 Å². The molecule has 3 rings (SSSR count). The molecule has 1 aromatic carbocycles. The Balaban J connectivity index is 2.50. The number of alkyl halides is 3. The minimum Gasteiger partial charge on any atom is -0.336 e. The zero-order valence-corrected chi connectivity index (χ0v) is 9.42. The SMILES string of the molecule is O=Cc1c(C(F)(F)F)n2c3c(cccc13)CCC2. The quantitative estimate of drug-likeness (QED) is 0.714. The lowest BCUT2D eigenvalue weighted by molar-refractivity contribution is -0.143. The summed E-state index contributed by atoms with van der Waals surface area (Å²) >= 11 is 0. The molecule has 0 spiro atoms. The average Bonchev–Trinajstić information content (AvgIpc) is 2.66. The number of carbonyl (C=O) groups excluding carboxylic acids is 1. The molecule has 0 saturated carbocycles. The molecule has 94 valence electrons. The van der Waals surface area contributed by atoms with Crippen LogP contribution >= 0.6 is 0 Å². The van der Waals surface area contributed by atoms with Crippen molar-refractivity contribution >= 4 is 17.2 Å². The van der Waals surface area contributed by atoms with E-state index in [9.17, 15) is 18.0 Å². The van der Waals surface area contributed by atoms with E-state index in [-0.39, 0.29) is 5.56 Å². The number of hydrogen-bond donors (Lipinski definition) is 0. The molecule has 0 aliphatic carbocycles. The van der Waals surface area contributed by atoms with Crippen LogP contribution in [0.3, 0.4) is 0 Å². The number of aryl methyl sites for hydroxylation is 2. The smallest absolute Gasteiger partial charge is 0.336 e. The molecule has 0 amide bonds. The third-order valence-corrected chi connectivity index (χ3v) is 3.42. The molecule has 0 fully saturated rings. The summed E-state index contributed by atoms with van der Waals surface area (Å²) in [5.74, 6) is 0. The third kappa shape index (κ3) is 1.39. The standard InChI is InChI=1S/C13H10F3NO/c14-13(15,16)12-10(7-18)9-5-1-3-8-4-2-6-17(12)11(8)9/h1,3,5,7H,2,4,6H2. The predicted octanol–water partition coefficient (Wildman–Crippen LogP) is 3.42. The van der Waals surface area contributed by atoms with E-state index in [4.69, 9.17) is 0 Å². The Kier molecular flexibility index (Phi) is 2.27. The van der Waals surface area contributed by atoms with Gasteiger partial charge in [0.15, 0.2) is 6.29 Å². The Morgan fingerprint density at radius 3 is 2.72 bits per heavy atom. The minimum atomic E-state index is -4.50. The molecule has 5 heteroatoms. The van der Waals surface area contributed by atoms with Crippen LogP contribution in [0.1, 0.15) is 28.0 Å². The monoisotopic (exact) mass is 253 g/mol. The van der Waals surface area contributed by atoms with Crippen molar-refractivity contribution in [2.24, 2.45) is 0 Å². The summed E-state index contributed by atoms with van der Waals surface area (Å²) in [5, 5.41) is 0.412. The van der Waals surface area contributed by atoms with Gasteiger partial charge in [-0.05, 0) is 18.4 Å². The Labute approximate surface area is 101 Å². The molecule has 0 atom stereocenters. The summed E-state index contributed by atoms with van der Waals surface area (Å²) in [6.45, 7) is 0.316. The average molecular weight is 253 g/mol. The summed E-state index contributed by atoms with van der Waals surface area (Å²) < 4.78 is 40.5. The van der Waals surface area contributed by atoms with Crippen LogP contribution in [-0.2, 0) is 19.1 Å². The second-order valence-corrected chi connectivity index (χ2v) is 4.45. The molecule has 0 bridgehead atoms. The van der Waals surface area contributed by atoms with Crippen molar-refractivity contribution in [2.75, 3.05) is 0 Å². The molecule has 0 radical (unpaired) electrons. The van der Waals surface area contributed by atoms with Crippen LogP contribution in [0.5, 0.6) is 0 Å². The molecule has 2 aromatic rings. The van der Waals surface area contributed by atoms with Gasteiger partial charge in [-0.25, -0.2) is 0 Å². The Morgan fingerprint density at radius 2 is 2.06 bits per heavy atom. The van der Waals surface area contributed by atoms with Gasteiger partial charge < -0.3 is 4.57 Å². The first-order chi connectivity index (χ1) is 8.54. The molecule has 0 unspecified atom stereocenters. The van der Waals surface area contributed by atoms with Gasteiger partial charge in [0.25, 0.3) is 0 Å². The number of aromatic nitrogens is 1. The van der Waals surface area contributed by atoms with Crippen molar-refractivity contribution in [2.45, 2.75) is 25.6 Å². The number of nitrogens with zero attached hydrogens (tertiary/aromatic N) is 1. The molecule has 0 saturated heterocycles. The van der Waals surface area contributed by atoms with Crippen LogP contribution in [0.15, 0.2) is 18.2 Å². The predicted molar refractivity (Wildman–Crippen MR) is 60.6 cm³/mol. The Bertz CT molecular complexity index is 640. The number of para-hydroxylation sites is 1. The lowest BCUT2D eigenvalue weighted by Crippen LogP contribution is -2.18. The number of carbonyl (C=O) groups is 1. The normalized spacial score (nSPS) is 15.1. The summed E-state index contributed by atoms with van der Waals surface area (Å²) in [5.41, 5.74) is 0.413. The fraction of sp³-hybridized carbons (Fsp3) is 0.308. The van der Waals surface area contributed by atoms with Gasteiger partial charge in [-0.3, -0.25) is 4.79 Å². The van der Waals surface area contributed by atoms with E-state index in [1.165, 1.54) is 4.57 Å². The molecule has 0 N–H and O–H groups in total. The van der Waals surface area contributed by atoms with Crippen molar-refractivity contribution in [3.8, 4) is 0 Å². The number of rotatable bonds is 1. The van der Waals surface area contributed by atoms with Crippen LogP contribution < -0.4 is 0 Å². The van der Waals surface area contributed by atoms with E-state index in [0.29, 0.717) is 30.2 Å². The summed E-state index contributed by atoms with van der Waals surface area (Å²) in [6.07, 6.45) is -2.75. The highest BCUT2D eigenvalue weighted by Gasteiger charge is 2.40. The molecule has 1 aromatic heterocycles. The van der Waals surface area contributed by atoms with Crippen molar-refractivity contribution in [1.82, 2.24) is 4.57 Å². The van der Waals surface area contributed by atoms with Crippen molar-refractivity contribution < 1.29 is 18.0 Å². The molecular weight excluding hydrogens is 243 g/mol. The Morgan fingerprint density at radius 1 is 1.28 bits per heavy atom. The lowest BCUT2D eigenvalue weighted by Gasteiger charge is -2.18. The summed E-state index contributed by atoms with van der Waals surface area (Å²) in [6, 6.07) is 5.12. The van der Waals surface area contributed by atoms with Gasteiger partial charge in [0, 0.05) is 11.9 Å². The van der Waals surface area contributed by atoms with E-state index >= 15 is 0 Å². The van der Waals surface area contributed by atoms with E-state index in [0.717, 1.165) is 12.0 Å². The second kappa shape index (κ2) is 3.60. The van der Waals surface area contributed by atoms with Gasteiger partial charge in [0.2, 0.25) is 0 Å². The lowest BCUT2D eigenvalue weighted by atomic mass is 10.0. The van der Waals surface area contributed by atoms with Gasteiger partial charge in [-0.15, -0.1) is 0 Å². The topological polar surface area (TPSA) is 22.0 Å². The first-order valence-electron chi connectivity index (χ1n) is 5.70. The zero-order chi connectivity index (χ0) is 12.9. The Hall–Kier alpha value is -1.78. The zero-order valence-electron chi connectivity index (χ0n) is 9.42. The first-order valence-corrected chi connectivity index (χ1v) is 5.70. The minimum absolute atomic E-state index is 0.235. The molecule has 1 aliphatic heterocycles. The third-order valence-electron chi connectivity index (χ3n) is 3.42. The van der Waals surface area contributed by atoms with E-state index in [2.05, 4.69) is 0 Å². The second-order valence-electron chi connectivity index (χ2n) is 4.45. The van der Waals surface area contributed by atoms with Gasteiger partial charge in [0.05, 0.1) is 11.1 Å². The highest BCUT2D eigenvalue weighted by molar-refractivity contribution is 6.01. The largest absolute Gasteiger partial charge is 0.432 e. The molecular formula is C13H10F3NO. The van der Waals surface area contributed by atoms with Crippen molar-refractivity contribution in [3.05, 3.63) is 35.0 Å². The molecule has 1 aliphatic rings. The summed E-state index contributed by atoms with van der Waals surface area (Å²) in [7, 11) is 0. The van der Waals surface area contributed by atoms with Crippen LogP contribution in [0.2, 0.25) is 0 Å². The van der Waals surface area contributed by atoms with E-state index in [1.807, 2.05) is 6.07 Å². The number of aldehydes is 1. The first kappa shape index (κ1) is 11.3. The molecule has 2 heterocycles. The van der Waals surface area contributed by atoms with Crippen molar-refractivity contribution in [3.63, 3.8) is 0 Å². The maximum atomic E-state index is 13.1. The number of benzene rings is 1. The van der Waals surface area contributed by atoms with E-state index in [1.54, 1.807) is 12.1 Å². The van der Waals surface area contributed by atoms with Crippen LogP contribution in [0.25, 0.3) is 10.9 Å². The van der Waals surface area contributed by atoms with Gasteiger partial charge in [0.1, 0.15) is 5.69 Å². The van der Waals surface area contributed by atoms with E-state index < -0.39 is 11.9 Å². The number of hydrogen-bond acceptors (Lipinski definition) is 1. The maximum Gasteiger partial charge on any atom is 0.432 e.